The number of thioether (sulfide) groups is 1. The van der Waals surface area contributed by atoms with Crippen LogP contribution in [0, 0.1) is 17.5 Å². The summed E-state index contributed by atoms with van der Waals surface area (Å²) < 4.78 is 39.5. The van der Waals surface area contributed by atoms with Gasteiger partial charge in [0.15, 0.2) is 0 Å². The molecule has 2 aromatic rings. The van der Waals surface area contributed by atoms with Gasteiger partial charge in [0.05, 0.1) is 5.75 Å². The van der Waals surface area contributed by atoms with Crippen LogP contribution in [0.1, 0.15) is 5.56 Å². The highest BCUT2D eigenvalue weighted by Crippen LogP contribution is 2.20. The summed E-state index contributed by atoms with van der Waals surface area (Å²) in [6.45, 7) is 0. The highest BCUT2D eigenvalue weighted by Gasteiger charge is 2.13. The molecule has 0 atom stereocenters. The fourth-order valence-electron chi connectivity index (χ4n) is 1.64. The molecule has 2 aromatic carbocycles. The van der Waals surface area contributed by atoms with Crippen LogP contribution in [-0.4, -0.2) is 11.5 Å². The first-order chi connectivity index (χ1) is 9.56. The third-order valence-corrected chi connectivity index (χ3v) is 3.72. The highest BCUT2D eigenvalue weighted by molar-refractivity contribution is 8.00. The van der Waals surface area contributed by atoms with E-state index in [1.54, 1.807) is 12.1 Å². The van der Waals surface area contributed by atoms with Crippen LogP contribution in [0.15, 0.2) is 47.4 Å². The van der Waals surface area contributed by atoms with Gasteiger partial charge in [-0.25, -0.2) is 13.2 Å². The Labute approximate surface area is 118 Å². The second kappa shape index (κ2) is 6.61. The molecule has 0 aromatic heterocycles. The van der Waals surface area contributed by atoms with Crippen molar-refractivity contribution in [2.75, 3.05) is 5.75 Å². The lowest BCUT2D eigenvalue weighted by atomic mass is 10.1. The van der Waals surface area contributed by atoms with Crippen LogP contribution in [0.3, 0.4) is 0 Å². The minimum atomic E-state index is -0.717. The fraction of sp³-hybridized carbons (Fsp3) is 0.133. The standard InChI is InChI=1S/C15H11F3OS/c16-10-4-6-12(7-5-10)20-9-11(19)8-13-14(17)2-1-3-15(13)18/h1-7H,8-9H2. The Morgan fingerprint density at radius 2 is 1.55 bits per heavy atom. The average Bonchev–Trinajstić information content (AvgIpc) is 2.42. The molecule has 20 heavy (non-hydrogen) atoms. The first-order valence-electron chi connectivity index (χ1n) is 5.89. The third-order valence-electron chi connectivity index (χ3n) is 2.65. The molecule has 5 heteroatoms. The summed E-state index contributed by atoms with van der Waals surface area (Å²) in [4.78, 5) is 12.5. The Balaban J connectivity index is 1.94. The zero-order valence-electron chi connectivity index (χ0n) is 10.4. The highest BCUT2D eigenvalue weighted by atomic mass is 32.2. The molecule has 0 N–H and O–H groups in total. The van der Waals surface area contributed by atoms with E-state index in [-0.39, 0.29) is 29.3 Å². The van der Waals surface area contributed by atoms with Gasteiger partial charge >= 0.3 is 0 Å². The monoisotopic (exact) mass is 296 g/mol. The zero-order chi connectivity index (χ0) is 14.5. The van der Waals surface area contributed by atoms with Crippen molar-refractivity contribution < 1.29 is 18.0 Å². The summed E-state index contributed by atoms with van der Waals surface area (Å²) in [5.41, 5.74) is -0.211. The molecule has 0 radical (unpaired) electrons. The van der Waals surface area contributed by atoms with Crippen LogP contribution in [-0.2, 0) is 11.2 Å². The molecular weight excluding hydrogens is 285 g/mol. The van der Waals surface area contributed by atoms with Gasteiger partial charge in [0, 0.05) is 16.9 Å². The van der Waals surface area contributed by atoms with Gasteiger partial charge in [0.2, 0.25) is 0 Å². The van der Waals surface area contributed by atoms with Crippen LogP contribution in [0.5, 0.6) is 0 Å². The van der Waals surface area contributed by atoms with Gasteiger partial charge in [0.25, 0.3) is 0 Å². The van der Waals surface area contributed by atoms with E-state index in [2.05, 4.69) is 0 Å². The van der Waals surface area contributed by atoms with E-state index >= 15 is 0 Å². The minimum absolute atomic E-state index is 0.0827. The van der Waals surface area contributed by atoms with Crippen molar-refractivity contribution in [1.29, 1.82) is 0 Å². The first-order valence-corrected chi connectivity index (χ1v) is 6.88. The SMILES string of the molecule is O=C(CSc1ccc(F)cc1)Cc1c(F)cccc1F. The van der Waals surface area contributed by atoms with Crippen molar-refractivity contribution >= 4 is 17.5 Å². The van der Waals surface area contributed by atoms with Gasteiger partial charge in [-0.3, -0.25) is 4.79 Å². The van der Waals surface area contributed by atoms with Gasteiger partial charge in [-0.1, -0.05) is 6.07 Å². The molecule has 0 aliphatic heterocycles. The summed E-state index contributed by atoms with van der Waals surface area (Å²) in [5.74, 6) is -1.99. The lowest BCUT2D eigenvalue weighted by molar-refractivity contribution is -0.116. The number of Topliss-reactive ketones (excluding diaryl/α,β-unsaturated/α-hetero) is 1. The van der Waals surface area contributed by atoms with E-state index < -0.39 is 11.6 Å². The quantitative estimate of drug-likeness (QED) is 0.776. The average molecular weight is 296 g/mol. The molecule has 0 spiro atoms. The van der Waals surface area contributed by atoms with Crippen molar-refractivity contribution in [3.8, 4) is 0 Å². The van der Waals surface area contributed by atoms with Crippen LogP contribution in [0.2, 0.25) is 0 Å². The molecule has 0 aliphatic rings. The number of hydrogen-bond donors (Lipinski definition) is 0. The third kappa shape index (κ3) is 3.87. The van der Waals surface area contributed by atoms with E-state index in [4.69, 9.17) is 0 Å². The first kappa shape index (κ1) is 14.7. The van der Waals surface area contributed by atoms with Crippen LogP contribution < -0.4 is 0 Å². The molecule has 0 unspecified atom stereocenters. The van der Waals surface area contributed by atoms with Crippen LogP contribution in [0.25, 0.3) is 0 Å². The van der Waals surface area contributed by atoms with Gasteiger partial charge in [-0.05, 0) is 36.4 Å². The molecular formula is C15H11F3OS. The van der Waals surface area contributed by atoms with Gasteiger partial charge in [-0.15, -0.1) is 11.8 Å². The molecule has 104 valence electrons. The largest absolute Gasteiger partial charge is 0.298 e. The van der Waals surface area contributed by atoms with E-state index in [0.717, 1.165) is 17.0 Å². The Hall–Kier alpha value is -1.75. The number of rotatable bonds is 5. The van der Waals surface area contributed by atoms with Crippen molar-refractivity contribution in [3.63, 3.8) is 0 Å². The molecule has 2 rings (SSSR count). The molecule has 0 fully saturated rings. The molecule has 0 amide bonds. The molecule has 0 saturated heterocycles. The Bertz CT molecular complexity index is 591. The number of ketones is 1. The second-order valence-electron chi connectivity index (χ2n) is 4.16. The predicted molar refractivity (Wildman–Crippen MR) is 72.2 cm³/mol. The summed E-state index contributed by atoms with van der Waals surface area (Å²) in [5, 5.41) is 0. The molecule has 1 nitrogen and oxygen atoms in total. The Morgan fingerprint density at radius 1 is 0.950 bits per heavy atom. The summed E-state index contributed by atoms with van der Waals surface area (Å²) in [7, 11) is 0. The topological polar surface area (TPSA) is 17.1 Å². The Kier molecular flexibility index (Phi) is 4.84. The second-order valence-corrected chi connectivity index (χ2v) is 5.21. The number of hydrogen-bond acceptors (Lipinski definition) is 2. The Morgan fingerprint density at radius 3 is 2.15 bits per heavy atom. The maximum Gasteiger partial charge on any atom is 0.147 e. The van der Waals surface area contributed by atoms with Crippen molar-refractivity contribution in [3.05, 3.63) is 65.5 Å². The van der Waals surface area contributed by atoms with Gasteiger partial charge in [0.1, 0.15) is 23.2 Å². The molecule has 0 aliphatic carbocycles. The number of carbonyl (C=O) groups is 1. The van der Waals surface area contributed by atoms with Gasteiger partial charge in [-0.2, -0.15) is 0 Å². The predicted octanol–water partition coefficient (Wildman–Crippen LogP) is 4.01. The van der Waals surface area contributed by atoms with E-state index in [0.29, 0.717) is 0 Å². The van der Waals surface area contributed by atoms with Gasteiger partial charge < -0.3 is 0 Å². The van der Waals surface area contributed by atoms with E-state index in [1.165, 1.54) is 30.0 Å². The maximum absolute atomic E-state index is 13.4. The van der Waals surface area contributed by atoms with Crippen LogP contribution >= 0.6 is 11.8 Å². The molecule has 0 saturated carbocycles. The maximum atomic E-state index is 13.4. The normalized spacial score (nSPS) is 10.6. The van der Waals surface area contributed by atoms with E-state index in [9.17, 15) is 18.0 Å². The smallest absolute Gasteiger partial charge is 0.147 e. The number of benzene rings is 2. The lowest BCUT2D eigenvalue weighted by Crippen LogP contribution is -2.09. The lowest BCUT2D eigenvalue weighted by Gasteiger charge is -2.04. The zero-order valence-corrected chi connectivity index (χ0v) is 11.2. The minimum Gasteiger partial charge on any atom is -0.298 e. The van der Waals surface area contributed by atoms with E-state index in [1.807, 2.05) is 0 Å². The van der Waals surface area contributed by atoms with Crippen LogP contribution in [0.4, 0.5) is 13.2 Å². The summed E-state index contributed by atoms with van der Waals surface area (Å²) >= 11 is 1.21. The molecule has 0 heterocycles. The summed E-state index contributed by atoms with van der Waals surface area (Å²) in [6.07, 6.45) is -0.285. The van der Waals surface area contributed by atoms with Crippen molar-refractivity contribution in [1.82, 2.24) is 0 Å². The molecule has 0 bridgehead atoms. The number of carbonyl (C=O) groups excluding carboxylic acids is 1. The fourth-order valence-corrected chi connectivity index (χ4v) is 2.40. The van der Waals surface area contributed by atoms with Crippen molar-refractivity contribution in [2.24, 2.45) is 0 Å². The van der Waals surface area contributed by atoms with Crippen molar-refractivity contribution in [2.45, 2.75) is 11.3 Å². The number of halogens is 3. The summed E-state index contributed by atoms with van der Waals surface area (Å²) in [6, 6.07) is 9.20.